The molecule has 3 aromatic carbocycles. The summed E-state index contributed by atoms with van der Waals surface area (Å²) in [7, 11) is 0. The Morgan fingerprint density at radius 1 is 0.943 bits per heavy atom. The highest BCUT2D eigenvalue weighted by molar-refractivity contribution is 5.95. The number of imidazole rings is 1. The molecule has 0 aliphatic heterocycles. The third kappa shape index (κ3) is 6.50. The second kappa shape index (κ2) is 12.2. The highest BCUT2D eigenvalue weighted by Gasteiger charge is 2.11. The van der Waals surface area contributed by atoms with Crippen LogP contribution in [0.1, 0.15) is 53.5 Å². The minimum Gasteiger partial charge on any atom is -0.494 e. The number of hydrogen-bond donors (Lipinski definition) is 1. The first kappa shape index (κ1) is 24.5. The highest BCUT2D eigenvalue weighted by Crippen LogP contribution is 2.19. The van der Waals surface area contributed by atoms with Gasteiger partial charge in [-0.3, -0.25) is 4.79 Å². The quantitative estimate of drug-likeness (QED) is 0.254. The Morgan fingerprint density at radius 2 is 1.71 bits per heavy atom. The number of amides is 1. The van der Waals surface area contributed by atoms with Crippen LogP contribution in [0.3, 0.4) is 0 Å². The molecule has 4 aromatic rings. The van der Waals surface area contributed by atoms with E-state index in [4.69, 9.17) is 9.72 Å². The lowest BCUT2D eigenvalue weighted by Crippen LogP contribution is -2.25. The molecule has 5 heteroatoms. The average molecular weight is 470 g/mol. The maximum absolute atomic E-state index is 12.5. The van der Waals surface area contributed by atoms with E-state index >= 15 is 0 Å². The van der Waals surface area contributed by atoms with Crippen molar-refractivity contribution in [1.29, 1.82) is 0 Å². The number of carbonyl (C=O) groups is 1. The smallest absolute Gasteiger partial charge is 0.251 e. The van der Waals surface area contributed by atoms with Gasteiger partial charge in [-0.15, -0.1) is 0 Å². The second-order valence-corrected chi connectivity index (χ2v) is 8.90. The van der Waals surface area contributed by atoms with Crippen LogP contribution in [0.25, 0.3) is 11.0 Å². The van der Waals surface area contributed by atoms with E-state index < -0.39 is 0 Å². The molecule has 1 heterocycles. The van der Waals surface area contributed by atoms with Gasteiger partial charge in [0, 0.05) is 25.1 Å². The van der Waals surface area contributed by atoms with Crippen LogP contribution in [0, 0.1) is 6.92 Å². The predicted octanol–water partition coefficient (Wildman–Crippen LogP) is 6.13. The topological polar surface area (TPSA) is 56.1 Å². The summed E-state index contributed by atoms with van der Waals surface area (Å²) in [4.78, 5) is 17.4. The summed E-state index contributed by atoms with van der Waals surface area (Å²) in [5, 5.41) is 3.05. The van der Waals surface area contributed by atoms with Crippen molar-refractivity contribution < 1.29 is 9.53 Å². The molecule has 0 saturated heterocycles. The van der Waals surface area contributed by atoms with Crippen molar-refractivity contribution in [3.05, 3.63) is 95.3 Å². The van der Waals surface area contributed by atoms with E-state index in [-0.39, 0.29) is 5.91 Å². The lowest BCUT2D eigenvalue weighted by Gasteiger charge is -2.11. The van der Waals surface area contributed by atoms with Crippen LogP contribution >= 0.6 is 0 Å². The van der Waals surface area contributed by atoms with E-state index in [2.05, 4.69) is 59.3 Å². The molecular weight excluding hydrogens is 434 g/mol. The second-order valence-electron chi connectivity index (χ2n) is 8.90. The molecule has 0 aliphatic rings. The Labute approximate surface area is 208 Å². The van der Waals surface area contributed by atoms with Crippen molar-refractivity contribution in [1.82, 2.24) is 14.9 Å². The summed E-state index contributed by atoms with van der Waals surface area (Å²) >= 11 is 0. The average Bonchev–Trinajstić information content (AvgIpc) is 3.24. The summed E-state index contributed by atoms with van der Waals surface area (Å²) in [6.45, 7) is 6.36. The van der Waals surface area contributed by atoms with E-state index in [9.17, 15) is 4.79 Å². The fourth-order valence-electron chi connectivity index (χ4n) is 4.32. The maximum Gasteiger partial charge on any atom is 0.251 e. The van der Waals surface area contributed by atoms with Gasteiger partial charge in [0.05, 0.1) is 17.6 Å². The summed E-state index contributed by atoms with van der Waals surface area (Å²) in [6.07, 6.45) is 4.71. The van der Waals surface area contributed by atoms with E-state index in [1.54, 1.807) is 0 Å². The molecular formula is C30H35N3O2. The van der Waals surface area contributed by atoms with Crippen LogP contribution in [0.2, 0.25) is 0 Å². The third-order valence-electron chi connectivity index (χ3n) is 6.36. The molecule has 1 N–H and O–H groups in total. The minimum absolute atomic E-state index is 0.0130. The first-order chi connectivity index (χ1) is 17.2. The van der Waals surface area contributed by atoms with Crippen LogP contribution in [0.5, 0.6) is 5.75 Å². The van der Waals surface area contributed by atoms with E-state index in [0.717, 1.165) is 66.9 Å². The van der Waals surface area contributed by atoms with Gasteiger partial charge in [0.15, 0.2) is 0 Å². The molecule has 0 saturated carbocycles. The number of nitrogens with one attached hydrogen (secondary N) is 1. The number of unbranched alkanes of at least 4 members (excludes halogenated alkanes) is 1. The molecule has 0 unspecified atom stereocenters. The Bertz CT molecular complexity index is 1240. The largest absolute Gasteiger partial charge is 0.494 e. The molecule has 182 valence electrons. The summed E-state index contributed by atoms with van der Waals surface area (Å²) in [5.74, 6) is 2.00. The van der Waals surface area contributed by atoms with Gasteiger partial charge in [-0.05, 0) is 74.1 Å². The number of carbonyl (C=O) groups excluding carboxylic acids is 1. The van der Waals surface area contributed by atoms with Gasteiger partial charge in [-0.2, -0.15) is 0 Å². The van der Waals surface area contributed by atoms with Crippen molar-refractivity contribution in [3.8, 4) is 5.75 Å². The Morgan fingerprint density at radius 3 is 2.51 bits per heavy atom. The van der Waals surface area contributed by atoms with Gasteiger partial charge in [0.2, 0.25) is 0 Å². The van der Waals surface area contributed by atoms with Gasteiger partial charge in [0.1, 0.15) is 11.6 Å². The van der Waals surface area contributed by atoms with Gasteiger partial charge in [-0.1, -0.05) is 49.4 Å². The lowest BCUT2D eigenvalue weighted by molar-refractivity contribution is 0.0952. The van der Waals surface area contributed by atoms with Gasteiger partial charge in [0.25, 0.3) is 5.91 Å². The molecule has 4 rings (SSSR count). The lowest BCUT2D eigenvalue weighted by atomic mass is 10.1. The number of aryl methyl sites for hydroxylation is 4. The first-order valence-corrected chi connectivity index (χ1v) is 12.7. The van der Waals surface area contributed by atoms with Crippen LogP contribution in [-0.4, -0.2) is 28.6 Å². The monoisotopic (exact) mass is 469 g/mol. The predicted molar refractivity (Wildman–Crippen MR) is 142 cm³/mol. The SMILES string of the molecule is CCc1ccc(OCCCCn2c(CCCNC(=O)c3ccccc3C)nc3ccccc32)cc1. The molecule has 0 radical (unpaired) electrons. The number of nitrogens with zero attached hydrogens (tertiary/aromatic N) is 2. The van der Waals surface area contributed by atoms with Gasteiger partial charge in [-0.25, -0.2) is 4.98 Å². The molecule has 0 atom stereocenters. The zero-order valence-corrected chi connectivity index (χ0v) is 20.8. The number of hydrogen-bond acceptors (Lipinski definition) is 3. The minimum atomic E-state index is -0.0130. The van der Waals surface area contributed by atoms with Gasteiger partial charge < -0.3 is 14.6 Å². The summed E-state index contributed by atoms with van der Waals surface area (Å²) in [5.41, 5.74) is 5.25. The number of benzene rings is 3. The Kier molecular flexibility index (Phi) is 8.55. The van der Waals surface area contributed by atoms with E-state index in [1.165, 1.54) is 11.1 Å². The molecule has 1 aromatic heterocycles. The van der Waals surface area contributed by atoms with Crippen LogP contribution in [0.4, 0.5) is 0 Å². The first-order valence-electron chi connectivity index (χ1n) is 12.7. The molecule has 1 amide bonds. The fraction of sp³-hybridized carbons (Fsp3) is 0.333. The summed E-state index contributed by atoms with van der Waals surface area (Å²) < 4.78 is 8.25. The number of rotatable bonds is 12. The normalized spacial score (nSPS) is 11.0. The molecule has 5 nitrogen and oxygen atoms in total. The van der Waals surface area contributed by atoms with Crippen molar-refractivity contribution in [2.75, 3.05) is 13.2 Å². The number of para-hydroxylation sites is 2. The molecule has 0 fully saturated rings. The van der Waals surface area contributed by atoms with Crippen LogP contribution in [0.15, 0.2) is 72.8 Å². The molecule has 0 bridgehead atoms. The fourth-order valence-corrected chi connectivity index (χ4v) is 4.32. The summed E-state index contributed by atoms with van der Waals surface area (Å²) in [6, 6.07) is 24.3. The van der Waals surface area contributed by atoms with E-state index in [0.29, 0.717) is 13.2 Å². The number of aromatic nitrogens is 2. The molecule has 35 heavy (non-hydrogen) atoms. The van der Waals surface area contributed by atoms with Crippen molar-refractivity contribution in [2.45, 2.75) is 52.5 Å². The molecule has 0 aliphatic carbocycles. The Hall–Kier alpha value is -3.60. The zero-order valence-electron chi connectivity index (χ0n) is 20.8. The molecule has 0 spiro atoms. The highest BCUT2D eigenvalue weighted by atomic mass is 16.5. The van der Waals surface area contributed by atoms with Crippen LogP contribution in [-0.2, 0) is 19.4 Å². The standard InChI is InChI=1S/C30H35N3O2/c1-3-24-16-18-25(19-17-24)35-22-9-8-21-33-28-14-7-6-13-27(28)32-29(33)15-10-20-31-30(34)26-12-5-4-11-23(26)2/h4-7,11-14,16-19H,3,8-10,15,20-22H2,1-2H3,(H,31,34). The van der Waals surface area contributed by atoms with Crippen molar-refractivity contribution >= 4 is 16.9 Å². The van der Waals surface area contributed by atoms with Crippen molar-refractivity contribution in [3.63, 3.8) is 0 Å². The van der Waals surface area contributed by atoms with Crippen molar-refractivity contribution in [2.24, 2.45) is 0 Å². The Balaban J connectivity index is 1.28. The number of fused-ring (bicyclic) bond motifs is 1. The maximum atomic E-state index is 12.5. The van der Waals surface area contributed by atoms with Gasteiger partial charge >= 0.3 is 0 Å². The van der Waals surface area contributed by atoms with E-state index in [1.807, 2.05) is 37.3 Å². The zero-order chi connectivity index (χ0) is 24.5. The third-order valence-corrected chi connectivity index (χ3v) is 6.36. The number of ether oxygens (including phenoxy) is 1. The van der Waals surface area contributed by atoms with Crippen LogP contribution < -0.4 is 10.1 Å².